The van der Waals surface area contributed by atoms with Crippen molar-refractivity contribution in [1.82, 2.24) is 19.4 Å². The molecule has 2 aliphatic carbocycles. The highest BCUT2D eigenvalue weighted by Crippen LogP contribution is 2.32. The van der Waals surface area contributed by atoms with E-state index in [-0.39, 0.29) is 34.5 Å². The van der Waals surface area contributed by atoms with Crippen molar-refractivity contribution in [3.63, 3.8) is 0 Å². The molecule has 35 heavy (non-hydrogen) atoms. The lowest BCUT2D eigenvalue weighted by molar-refractivity contribution is -0.117. The second-order valence-electron chi connectivity index (χ2n) is 8.93. The van der Waals surface area contributed by atoms with Gasteiger partial charge in [0.25, 0.3) is 11.5 Å². The second-order valence-corrected chi connectivity index (χ2v) is 8.93. The zero-order valence-electron chi connectivity index (χ0n) is 22.5. The van der Waals surface area contributed by atoms with Crippen LogP contribution in [0.4, 0.5) is 17.2 Å². The molecule has 10 nitrogen and oxygen atoms in total. The number of fused-ring (bicyclic) bond motifs is 1. The van der Waals surface area contributed by atoms with Gasteiger partial charge in [0.15, 0.2) is 0 Å². The van der Waals surface area contributed by atoms with Gasteiger partial charge in [-0.2, -0.15) is 0 Å². The van der Waals surface area contributed by atoms with Crippen LogP contribution in [0.15, 0.2) is 35.5 Å². The van der Waals surface area contributed by atoms with Gasteiger partial charge in [-0.25, -0.2) is 4.98 Å². The van der Waals surface area contributed by atoms with Gasteiger partial charge in [-0.05, 0) is 38.7 Å². The maximum absolute atomic E-state index is 13.3. The number of pyridine rings is 2. The molecular formula is C25H30N6O4. The van der Waals surface area contributed by atoms with Gasteiger partial charge < -0.3 is 29.8 Å². The molecule has 3 aromatic rings. The summed E-state index contributed by atoms with van der Waals surface area (Å²) in [5.41, 5.74) is 1.08. The van der Waals surface area contributed by atoms with Crippen LogP contribution in [0.1, 0.15) is 47.1 Å². The van der Waals surface area contributed by atoms with Crippen LogP contribution in [0.2, 0.25) is 0 Å². The molecule has 3 aromatic heterocycles. The van der Waals surface area contributed by atoms with Crippen molar-refractivity contribution in [2.45, 2.75) is 51.8 Å². The Hall–Kier alpha value is -3.66. The van der Waals surface area contributed by atoms with Crippen LogP contribution < -0.4 is 21.5 Å². The highest BCUT2D eigenvalue weighted by molar-refractivity contribution is 6.03. The Labute approximate surface area is 206 Å². The van der Waals surface area contributed by atoms with Crippen LogP contribution in [0, 0.1) is 5.92 Å². The number of nitrogens with zero attached hydrogens (tertiary/aromatic N) is 3. The first-order chi connectivity index (χ1) is 18.1. The summed E-state index contributed by atoms with van der Waals surface area (Å²) in [6.07, 6.45) is 8.75. The zero-order valence-corrected chi connectivity index (χ0v) is 19.5. The fraction of sp³-hybridized carbons (Fsp3) is 0.440. The molecule has 0 bridgehead atoms. The number of hydrogen-bond donors (Lipinski definition) is 3. The highest BCUT2D eigenvalue weighted by Gasteiger charge is 2.30. The summed E-state index contributed by atoms with van der Waals surface area (Å²) < 4.78 is 31.6. The van der Waals surface area contributed by atoms with Crippen molar-refractivity contribution in [2.24, 2.45) is 5.92 Å². The van der Waals surface area contributed by atoms with Gasteiger partial charge >= 0.3 is 0 Å². The number of carbonyl (C=O) groups excluding carboxylic acids is 2. The average molecular weight is 482 g/mol. The predicted molar refractivity (Wildman–Crippen MR) is 133 cm³/mol. The summed E-state index contributed by atoms with van der Waals surface area (Å²) in [6, 6.07) is 3.33. The molecular weight excluding hydrogens is 448 g/mol. The summed E-state index contributed by atoms with van der Waals surface area (Å²) in [5.74, 6) is -0.883. The summed E-state index contributed by atoms with van der Waals surface area (Å²) >= 11 is 0. The van der Waals surface area contributed by atoms with Gasteiger partial charge in [0.1, 0.15) is 5.82 Å². The largest absolute Gasteiger partial charge is 0.376 e. The average Bonchev–Trinajstić information content (AvgIpc) is 3.77. The fourth-order valence-corrected chi connectivity index (χ4v) is 4.02. The molecule has 2 saturated carbocycles. The van der Waals surface area contributed by atoms with E-state index in [4.69, 9.17) is 8.85 Å². The van der Waals surface area contributed by atoms with Crippen LogP contribution in [0.3, 0.4) is 0 Å². The van der Waals surface area contributed by atoms with E-state index in [2.05, 4.69) is 15.6 Å². The van der Waals surface area contributed by atoms with Crippen LogP contribution in [0.25, 0.3) is 10.9 Å². The Morgan fingerprint density at radius 1 is 1.23 bits per heavy atom. The van der Waals surface area contributed by atoms with Gasteiger partial charge in [-0.3, -0.25) is 14.4 Å². The van der Waals surface area contributed by atoms with Crippen molar-refractivity contribution in [3.05, 3.63) is 46.6 Å². The lowest BCUT2D eigenvalue weighted by atomic mass is 10.2. The molecule has 0 atom stereocenters. The first kappa shape index (κ1) is 19.6. The Morgan fingerprint density at radius 3 is 2.77 bits per heavy atom. The van der Waals surface area contributed by atoms with E-state index in [0.29, 0.717) is 42.4 Å². The van der Waals surface area contributed by atoms with Crippen molar-refractivity contribution in [1.29, 1.82) is 0 Å². The quantitative estimate of drug-likeness (QED) is 0.410. The molecule has 0 saturated heterocycles. The number of nitrogens with one attached hydrogen (secondary N) is 3. The van der Waals surface area contributed by atoms with E-state index in [1.807, 2.05) is 22.9 Å². The number of rotatable bonds is 10. The lowest BCUT2D eigenvalue weighted by Crippen LogP contribution is -2.21. The molecule has 2 aliphatic rings. The van der Waals surface area contributed by atoms with Gasteiger partial charge in [-0.15, -0.1) is 0 Å². The van der Waals surface area contributed by atoms with Crippen LogP contribution in [-0.4, -0.2) is 45.6 Å². The lowest BCUT2D eigenvalue weighted by Gasteiger charge is -2.13. The smallest absolute Gasteiger partial charge is 0.262 e. The molecule has 0 aromatic carbocycles. The van der Waals surface area contributed by atoms with Crippen LogP contribution >= 0.6 is 0 Å². The molecule has 184 valence electrons. The van der Waals surface area contributed by atoms with Crippen molar-refractivity contribution in [2.75, 3.05) is 24.2 Å². The number of carbonyl (C=O) groups is 2. The molecule has 3 N–H and O–H groups in total. The second kappa shape index (κ2) is 9.53. The van der Waals surface area contributed by atoms with Crippen molar-refractivity contribution in [3.8, 4) is 0 Å². The summed E-state index contributed by atoms with van der Waals surface area (Å²) in [4.78, 5) is 42.6. The third kappa shape index (κ3) is 4.93. The van der Waals surface area contributed by atoms with E-state index in [1.165, 1.54) is 12.3 Å². The predicted octanol–water partition coefficient (Wildman–Crippen LogP) is 2.85. The standard InChI is InChI=1S/C25H30N6O4/c1-3-30-9-8-20-22(25(30)34)19(14-31(20)10-11-35-16-6-7-16)28-18-12-21(29-23(32)15-4-5-15)27-13-17(18)24(33)26-2/h8-9,12-16H,3-7,10-11H2,1-2H3,(H,26,33)(H2,27,28,29,32)/i2D3. The maximum Gasteiger partial charge on any atom is 0.262 e. The molecule has 3 heterocycles. The van der Waals surface area contributed by atoms with Crippen LogP contribution in [-0.2, 0) is 22.6 Å². The number of amides is 2. The number of anilines is 3. The highest BCUT2D eigenvalue weighted by atomic mass is 16.5. The third-order valence-electron chi connectivity index (χ3n) is 6.29. The van der Waals surface area contributed by atoms with E-state index in [9.17, 15) is 14.4 Å². The van der Waals surface area contributed by atoms with Gasteiger partial charge in [0, 0.05) is 54.8 Å². The van der Waals surface area contributed by atoms with E-state index in [0.717, 1.165) is 25.7 Å². The minimum absolute atomic E-state index is 0.0461. The molecule has 0 radical (unpaired) electrons. The monoisotopic (exact) mass is 481 g/mol. The first-order valence-electron chi connectivity index (χ1n) is 13.4. The SMILES string of the molecule is [2H]C([2H])([2H])NC(=O)c1cnc(NC(=O)C2CC2)cc1Nc1cn(CCOC2CC2)c2ccn(CC)c(=O)c12. The minimum Gasteiger partial charge on any atom is -0.376 e. The fourth-order valence-electron chi connectivity index (χ4n) is 4.02. The molecule has 2 fully saturated rings. The van der Waals surface area contributed by atoms with Crippen LogP contribution in [0.5, 0.6) is 0 Å². The van der Waals surface area contributed by atoms with E-state index >= 15 is 0 Å². The molecule has 5 rings (SSSR count). The number of hydrogen-bond acceptors (Lipinski definition) is 6. The molecule has 0 aliphatic heterocycles. The zero-order chi connectivity index (χ0) is 27.0. The number of ether oxygens (including phenoxy) is 1. The van der Waals surface area contributed by atoms with Crippen molar-refractivity contribution >= 4 is 39.9 Å². The number of aromatic nitrogens is 3. The Kier molecular flexibility index (Phi) is 5.35. The summed E-state index contributed by atoms with van der Waals surface area (Å²) in [6.45, 7) is 0.651. The van der Waals surface area contributed by atoms with E-state index < -0.39 is 12.9 Å². The normalized spacial score (nSPS) is 16.9. The molecule has 2 amide bonds. The van der Waals surface area contributed by atoms with Crippen molar-refractivity contribution < 1.29 is 18.4 Å². The Bertz CT molecular complexity index is 1440. The minimum atomic E-state index is -2.71. The van der Waals surface area contributed by atoms with E-state index in [1.54, 1.807) is 17.0 Å². The molecule has 0 unspecified atom stereocenters. The summed E-state index contributed by atoms with van der Waals surface area (Å²) in [7, 11) is 0. The van der Waals surface area contributed by atoms with Gasteiger partial charge in [0.05, 0.1) is 40.6 Å². The Balaban J connectivity index is 1.53. The molecule has 10 heteroatoms. The van der Waals surface area contributed by atoms with Gasteiger partial charge in [0.2, 0.25) is 5.91 Å². The third-order valence-corrected chi connectivity index (χ3v) is 6.29. The molecule has 0 spiro atoms. The first-order valence-corrected chi connectivity index (χ1v) is 11.9. The topological polar surface area (TPSA) is 119 Å². The summed E-state index contributed by atoms with van der Waals surface area (Å²) in [5, 5.41) is 8.29. The van der Waals surface area contributed by atoms with Gasteiger partial charge in [-0.1, -0.05) is 0 Å². The maximum atomic E-state index is 13.3. The number of aryl methyl sites for hydroxylation is 1. The Morgan fingerprint density at radius 2 is 2.06 bits per heavy atom.